The molecule has 0 saturated carbocycles. The number of imidazole rings is 1. The molecule has 0 aliphatic heterocycles. The van der Waals surface area contributed by atoms with Gasteiger partial charge in [-0.2, -0.15) is 0 Å². The smallest absolute Gasteiger partial charge is 0.311 e. The van der Waals surface area contributed by atoms with Gasteiger partial charge in [0.15, 0.2) is 5.69 Å². The first kappa shape index (κ1) is 10.2. The molecule has 0 spiro atoms. The molecule has 0 aliphatic carbocycles. The van der Waals surface area contributed by atoms with Crippen molar-refractivity contribution in [2.75, 3.05) is 0 Å². The first-order valence-electron chi connectivity index (χ1n) is 4.57. The Morgan fingerprint density at radius 2 is 2.19 bits per heavy atom. The summed E-state index contributed by atoms with van der Waals surface area (Å²) in [5.41, 5.74) is 5.78. The van der Waals surface area contributed by atoms with Gasteiger partial charge < -0.3 is 15.2 Å². The first-order chi connectivity index (χ1) is 7.59. The predicted octanol–water partition coefficient (Wildman–Crippen LogP) is 0.0603. The fraction of sp³-hybridized carbons (Fsp3) is 0.100. The number of nitrogens with zero attached hydrogens (tertiary/aromatic N) is 2. The van der Waals surface area contributed by atoms with Gasteiger partial charge in [-0.25, -0.2) is 4.98 Å². The molecule has 0 unspecified atom stereocenters. The summed E-state index contributed by atoms with van der Waals surface area (Å²) in [5.74, 6) is -1.39. The molecule has 0 bridgehead atoms. The van der Waals surface area contributed by atoms with Crippen LogP contribution in [0.1, 0.15) is 16.3 Å². The van der Waals surface area contributed by atoms with Gasteiger partial charge >= 0.3 is 5.97 Å². The van der Waals surface area contributed by atoms with Crippen molar-refractivity contribution in [2.45, 2.75) is 6.42 Å². The average molecular weight is 219 g/mol. The van der Waals surface area contributed by atoms with Gasteiger partial charge in [0.25, 0.3) is 5.91 Å². The van der Waals surface area contributed by atoms with E-state index in [2.05, 4.69) is 4.98 Å². The Hall–Kier alpha value is -2.37. The zero-order chi connectivity index (χ0) is 11.7. The van der Waals surface area contributed by atoms with Crippen molar-refractivity contribution in [3.8, 4) is 0 Å². The van der Waals surface area contributed by atoms with Gasteiger partial charge in [-0.3, -0.25) is 9.59 Å². The third-order valence-corrected chi connectivity index (χ3v) is 2.16. The molecule has 0 saturated heterocycles. The van der Waals surface area contributed by atoms with E-state index in [0.717, 1.165) is 0 Å². The molecule has 3 N–H and O–H groups in total. The Morgan fingerprint density at radius 1 is 1.44 bits per heavy atom. The van der Waals surface area contributed by atoms with Crippen molar-refractivity contribution >= 4 is 17.4 Å². The highest BCUT2D eigenvalue weighted by Crippen LogP contribution is 2.12. The molecule has 2 aromatic heterocycles. The maximum atomic E-state index is 11.1. The van der Waals surface area contributed by atoms with E-state index in [4.69, 9.17) is 10.8 Å². The fourth-order valence-electron chi connectivity index (χ4n) is 1.54. The average Bonchev–Trinajstić information content (AvgIpc) is 2.57. The minimum atomic E-state index is -1.01. The summed E-state index contributed by atoms with van der Waals surface area (Å²) in [4.78, 5) is 25.7. The Labute approximate surface area is 90.3 Å². The number of rotatable bonds is 3. The highest BCUT2D eigenvalue weighted by atomic mass is 16.4. The second-order valence-electron chi connectivity index (χ2n) is 3.27. The summed E-state index contributed by atoms with van der Waals surface area (Å²) in [7, 11) is 0. The van der Waals surface area contributed by atoms with Crippen LogP contribution in [0.3, 0.4) is 0 Å². The van der Waals surface area contributed by atoms with Gasteiger partial charge in [-0.1, -0.05) is 6.07 Å². The monoisotopic (exact) mass is 219 g/mol. The second kappa shape index (κ2) is 3.65. The molecule has 82 valence electrons. The molecule has 0 fully saturated rings. The Bertz CT molecular complexity index is 574. The highest BCUT2D eigenvalue weighted by Gasteiger charge is 2.16. The molecular weight excluding hydrogens is 210 g/mol. The number of carbonyl (C=O) groups is 2. The number of hydrogen-bond acceptors (Lipinski definition) is 3. The van der Waals surface area contributed by atoms with E-state index in [1.165, 1.54) is 0 Å². The van der Waals surface area contributed by atoms with E-state index >= 15 is 0 Å². The molecule has 0 atom stereocenters. The molecule has 6 heteroatoms. The highest BCUT2D eigenvalue weighted by molar-refractivity contribution is 5.98. The van der Waals surface area contributed by atoms with Crippen LogP contribution in [0.4, 0.5) is 0 Å². The molecule has 2 aromatic rings. The second-order valence-corrected chi connectivity index (χ2v) is 3.27. The van der Waals surface area contributed by atoms with E-state index in [0.29, 0.717) is 5.52 Å². The van der Waals surface area contributed by atoms with Gasteiger partial charge in [0.05, 0.1) is 5.52 Å². The number of pyridine rings is 1. The van der Waals surface area contributed by atoms with Crippen molar-refractivity contribution in [3.05, 3.63) is 35.9 Å². The molecule has 0 aliphatic rings. The van der Waals surface area contributed by atoms with E-state index in [1.54, 1.807) is 28.8 Å². The summed E-state index contributed by atoms with van der Waals surface area (Å²) in [5, 5.41) is 8.70. The molecule has 0 radical (unpaired) electrons. The molecule has 1 amide bonds. The van der Waals surface area contributed by atoms with Crippen molar-refractivity contribution < 1.29 is 14.7 Å². The number of hydrogen-bond donors (Lipinski definition) is 2. The summed E-state index contributed by atoms with van der Waals surface area (Å²) < 4.78 is 1.55. The van der Waals surface area contributed by atoms with Crippen molar-refractivity contribution in [1.29, 1.82) is 0 Å². The number of aromatic nitrogens is 2. The van der Waals surface area contributed by atoms with Gasteiger partial charge in [-0.15, -0.1) is 0 Å². The van der Waals surface area contributed by atoms with Crippen LogP contribution in [0.5, 0.6) is 0 Å². The summed E-state index contributed by atoms with van der Waals surface area (Å²) in [6, 6.07) is 5.12. The molecule has 2 rings (SSSR count). The molecule has 6 nitrogen and oxygen atoms in total. The van der Waals surface area contributed by atoms with Crippen LogP contribution in [0, 0.1) is 0 Å². The topological polar surface area (TPSA) is 97.7 Å². The van der Waals surface area contributed by atoms with Crippen molar-refractivity contribution in [3.63, 3.8) is 0 Å². The normalized spacial score (nSPS) is 10.5. The number of aliphatic carboxylic acids is 1. The number of carboxylic acid groups (broad SMARTS) is 1. The quantitative estimate of drug-likeness (QED) is 0.762. The third-order valence-electron chi connectivity index (χ3n) is 2.16. The maximum Gasteiger partial charge on any atom is 0.311 e. The number of primary amides is 1. The Morgan fingerprint density at radius 3 is 2.81 bits per heavy atom. The lowest BCUT2D eigenvalue weighted by Gasteiger charge is -1.96. The van der Waals surface area contributed by atoms with Crippen LogP contribution in [-0.2, 0) is 11.2 Å². The number of carboxylic acids is 1. The van der Waals surface area contributed by atoms with Gasteiger partial charge in [0.1, 0.15) is 12.2 Å². The van der Waals surface area contributed by atoms with Gasteiger partial charge in [0.2, 0.25) is 0 Å². The standard InChI is InChI=1S/C10H9N3O3/c11-10(16)9-6-3-1-2-4-13(6)7(12-9)5-8(14)15/h1-4H,5H2,(H2,11,16)(H,14,15). The zero-order valence-corrected chi connectivity index (χ0v) is 8.25. The SMILES string of the molecule is NC(=O)c1nc(CC(=O)O)n2ccccc12. The van der Waals surface area contributed by atoms with E-state index in [9.17, 15) is 9.59 Å². The lowest BCUT2D eigenvalue weighted by Crippen LogP contribution is -2.12. The summed E-state index contributed by atoms with van der Waals surface area (Å²) in [6.07, 6.45) is 1.39. The predicted molar refractivity (Wildman–Crippen MR) is 55.0 cm³/mol. The summed E-state index contributed by atoms with van der Waals surface area (Å²) >= 11 is 0. The molecule has 16 heavy (non-hydrogen) atoms. The van der Waals surface area contributed by atoms with Crippen molar-refractivity contribution in [1.82, 2.24) is 9.38 Å². The van der Waals surface area contributed by atoms with E-state index < -0.39 is 11.9 Å². The molecule has 0 aromatic carbocycles. The van der Waals surface area contributed by atoms with Gasteiger partial charge in [-0.05, 0) is 12.1 Å². The minimum absolute atomic E-state index is 0.0943. The first-order valence-corrected chi connectivity index (χ1v) is 4.57. The van der Waals surface area contributed by atoms with Crippen molar-refractivity contribution in [2.24, 2.45) is 5.73 Å². The summed E-state index contributed by atoms with van der Waals surface area (Å²) in [6.45, 7) is 0. The van der Waals surface area contributed by atoms with Crippen LogP contribution < -0.4 is 5.73 Å². The van der Waals surface area contributed by atoms with E-state index in [-0.39, 0.29) is 17.9 Å². The Balaban J connectivity index is 2.66. The van der Waals surface area contributed by atoms with Crippen LogP contribution in [0.15, 0.2) is 24.4 Å². The number of carbonyl (C=O) groups excluding carboxylic acids is 1. The largest absolute Gasteiger partial charge is 0.481 e. The third kappa shape index (κ3) is 1.60. The number of fused-ring (bicyclic) bond motifs is 1. The molecule has 2 heterocycles. The fourth-order valence-corrected chi connectivity index (χ4v) is 1.54. The van der Waals surface area contributed by atoms with E-state index in [1.807, 2.05) is 0 Å². The van der Waals surface area contributed by atoms with Crippen LogP contribution in [0.2, 0.25) is 0 Å². The van der Waals surface area contributed by atoms with Crippen LogP contribution in [0.25, 0.3) is 5.52 Å². The Kier molecular flexibility index (Phi) is 2.32. The van der Waals surface area contributed by atoms with Crippen LogP contribution >= 0.6 is 0 Å². The molecular formula is C10H9N3O3. The van der Waals surface area contributed by atoms with Crippen LogP contribution in [-0.4, -0.2) is 26.4 Å². The van der Waals surface area contributed by atoms with Gasteiger partial charge in [0, 0.05) is 6.20 Å². The maximum absolute atomic E-state index is 11.1. The zero-order valence-electron chi connectivity index (χ0n) is 8.25. The lowest BCUT2D eigenvalue weighted by molar-refractivity contribution is -0.136. The lowest BCUT2D eigenvalue weighted by atomic mass is 10.3. The number of amides is 1. The number of nitrogens with two attached hydrogens (primary N) is 1. The minimum Gasteiger partial charge on any atom is -0.481 e.